The van der Waals surface area contributed by atoms with E-state index in [1.54, 1.807) is 30.4 Å². The summed E-state index contributed by atoms with van der Waals surface area (Å²) in [4.78, 5) is 3.48. The zero-order valence-corrected chi connectivity index (χ0v) is 11.6. The average molecular weight is 277 g/mol. The first-order valence-electron chi connectivity index (χ1n) is 6.43. The lowest BCUT2D eigenvalue weighted by molar-refractivity contribution is 0.199. The van der Waals surface area contributed by atoms with Gasteiger partial charge < -0.3 is 10.0 Å². The monoisotopic (exact) mass is 277 g/mol. The van der Waals surface area contributed by atoms with Crippen LogP contribution >= 0.6 is 11.3 Å². The van der Waals surface area contributed by atoms with E-state index in [2.05, 4.69) is 16.3 Å². The van der Waals surface area contributed by atoms with E-state index in [1.807, 2.05) is 0 Å². The van der Waals surface area contributed by atoms with E-state index in [0.29, 0.717) is 11.3 Å². The van der Waals surface area contributed by atoms with Gasteiger partial charge in [-0.3, -0.25) is 0 Å². The summed E-state index contributed by atoms with van der Waals surface area (Å²) in [6.45, 7) is 3.26. The van der Waals surface area contributed by atoms with E-state index >= 15 is 0 Å². The van der Waals surface area contributed by atoms with Crippen LogP contribution in [-0.4, -0.2) is 11.7 Å². The first-order valence-corrected chi connectivity index (χ1v) is 7.31. The van der Waals surface area contributed by atoms with Crippen molar-refractivity contribution in [1.82, 2.24) is 0 Å². The molecule has 19 heavy (non-hydrogen) atoms. The van der Waals surface area contributed by atoms with Gasteiger partial charge in [-0.25, -0.2) is 4.39 Å². The van der Waals surface area contributed by atoms with Crippen LogP contribution in [0.3, 0.4) is 0 Å². The summed E-state index contributed by atoms with van der Waals surface area (Å²) in [6, 6.07) is 7.12. The van der Waals surface area contributed by atoms with Crippen LogP contribution in [0.5, 0.6) is 0 Å². The maximum atomic E-state index is 14.1. The van der Waals surface area contributed by atoms with Crippen molar-refractivity contribution < 1.29 is 9.50 Å². The molecule has 1 aliphatic heterocycles. The fourth-order valence-electron chi connectivity index (χ4n) is 2.49. The molecule has 1 aliphatic rings. The average Bonchev–Trinajstić information content (AvgIpc) is 2.85. The molecule has 2 heterocycles. The molecule has 0 fully saturated rings. The Morgan fingerprint density at radius 2 is 2.21 bits per heavy atom. The van der Waals surface area contributed by atoms with Crippen LogP contribution in [0.15, 0.2) is 29.6 Å². The Hall–Kier alpha value is -1.39. The predicted molar refractivity (Wildman–Crippen MR) is 76.1 cm³/mol. The lowest BCUT2D eigenvalue weighted by atomic mass is 10.1. The van der Waals surface area contributed by atoms with Crippen molar-refractivity contribution in [2.24, 2.45) is 0 Å². The number of fused-ring (bicyclic) bond motifs is 1. The van der Waals surface area contributed by atoms with Crippen LogP contribution < -0.4 is 4.90 Å². The van der Waals surface area contributed by atoms with E-state index in [4.69, 9.17) is 0 Å². The minimum Gasteiger partial charge on any atom is -0.389 e. The van der Waals surface area contributed by atoms with E-state index < -0.39 is 6.10 Å². The van der Waals surface area contributed by atoms with Gasteiger partial charge in [-0.2, -0.15) is 0 Å². The standard InChI is InChI=1S/C15H16FNOS/c1-10(18)11-2-3-14(13(16)8-11)17-6-4-15-12(9-17)5-7-19-15/h2-3,5,7-8,10,18H,4,6,9H2,1H3/t10-/m0/s1. The second-order valence-corrected chi connectivity index (χ2v) is 5.93. The summed E-state index contributed by atoms with van der Waals surface area (Å²) in [5.74, 6) is -0.253. The molecule has 1 aromatic heterocycles. The molecule has 0 aliphatic carbocycles. The Morgan fingerprint density at radius 3 is 2.95 bits per heavy atom. The van der Waals surface area contributed by atoms with E-state index in [-0.39, 0.29) is 5.82 Å². The molecule has 2 nitrogen and oxygen atoms in total. The second kappa shape index (κ2) is 4.94. The number of hydrogen-bond donors (Lipinski definition) is 1. The summed E-state index contributed by atoms with van der Waals surface area (Å²) in [5, 5.41) is 11.6. The maximum Gasteiger partial charge on any atom is 0.146 e. The minimum absolute atomic E-state index is 0.253. The number of nitrogens with zero attached hydrogens (tertiary/aromatic N) is 1. The van der Waals surface area contributed by atoms with Crippen LogP contribution in [0.4, 0.5) is 10.1 Å². The SMILES string of the molecule is C[C@H](O)c1ccc(N2CCc3sccc3C2)c(F)c1. The van der Waals surface area contributed by atoms with Crippen molar-refractivity contribution in [3.05, 3.63) is 51.5 Å². The number of benzene rings is 1. The van der Waals surface area contributed by atoms with E-state index in [0.717, 1.165) is 19.5 Å². The summed E-state index contributed by atoms with van der Waals surface area (Å²) >= 11 is 1.78. The molecule has 1 atom stereocenters. The van der Waals surface area contributed by atoms with Gasteiger partial charge in [0.25, 0.3) is 0 Å². The fraction of sp³-hybridized carbons (Fsp3) is 0.333. The molecule has 0 unspecified atom stereocenters. The van der Waals surface area contributed by atoms with Crippen LogP contribution in [0.2, 0.25) is 0 Å². The smallest absolute Gasteiger partial charge is 0.146 e. The molecule has 1 aromatic carbocycles. The lowest BCUT2D eigenvalue weighted by Crippen LogP contribution is -2.30. The molecule has 0 amide bonds. The highest BCUT2D eigenvalue weighted by Crippen LogP contribution is 2.30. The molecule has 0 bridgehead atoms. The predicted octanol–water partition coefficient (Wildman–Crippen LogP) is 3.50. The van der Waals surface area contributed by atoms with Gasteiger partial charge in [-0.1, -0.05) is 6.07 Å². The number of aliphatic hydroxyl groups is 1. The highest BCUT2D eigenvalue weighted by molar-refractivity contribution is 7.10. The molecule has 4 heteroatoms. The molecule has 0 saturated heterocycles. The first-order chi connectivity index (χ1) is 9.15. The summed E-state index contributed by atoms with van der Waals surface area (Å²) in [7, 11) is 0. The molecule has 2 aromatic rings. The number of rotatable bonds is 2. The van der Waals surface area contributed by atoms with Crippen molar-refractivity contribution in [2.75, 3.05) is 11.4 Å². The van der Waals surface area contributed by atoms with Gasteiger partial charge in [0.2, 0.25) is 0 Å². The van der Waals surface area contributed by atoms with Crippen molar-refractivity contribution in [1.29, 1.82) is 0 Å². The summed E-state index contributed by atoms with van der Waals surface area (Å²) < 4.78 is 14.1. The van der Waals surface area contributed by atoms with Gasteiger partial charge in [0.05, 0.1) is 11.8 Å². The number of hydrogen-bond acceptors (Lipinski definition) is 3. The number of halogens is 1. The van der Waals surface area contributed by atoms with E-state index in [9.17, 15) is 9.50 Å². The highest BCUT2D eigenvalue weighted by atomic mass is 32.1. The Balaban J connectivity index is 1.88. The topological polar surface area (TPSA) is 23.5 Å². The van der Waals surface area contributed by atoms with Gasteiger partial charge in [0, 0.05) is 18.0 Å². The van der Waals surface area contributed by atoms with Gasteiger partial charge in [-0.15, -0.1) is 11.3 Å². The molecular weight excluding hydrogens is 261 g/mol. The minimum atomic E-state index is -0.631. The molecular formula is C15H16FNOS. The van der Waals surface area contributed by atoms with Crippen molar-refractivity contribution >= 4 is 17.0 Å². The number of thiophene rings is 1. The van der Waals surface area contributed by atoms with Gasteiger partial charge >= 0.3 is 0 Å². The van der Waals surface area contributed by atoms with Crippen molar-refractivity contribution in [2.45, 2.75) is 26.0 Å². The summed E-state index contributed by atoms with van der Waals surface area (Å²) in [5.41, 5.74) is 2.55. The largest absolute Gasteiger partial charge is 0.389 e. The normalized spacial score (nSPS) is 16.3. The van der Waals surface area contributed by atoms with Crippen molar-refractivity contribution in [3.63, 3.8) is 0 Å². The van der Waals surface area contributed by atoms with Crippen LogP contribution in [0, 0.1) is 5.82 Å². The Morgan fingerprint density at radius 1 is 1.37 bits per heavy atom. The maximum absolute atomic E-state index is 14.1. The molecule has 0 spiro atoms. The van der Waals surface area contributed by atoms with Crippen LogP contribution in [0.25, 0.3) is 0 Å². The number of aliphatic hydroxyl groups excluding tert-OH is 1. The zero-order valence-electron chi connectivity index (χ0n) is 10.8. The number of anilines is 1. The van der Waals surface area contributed by atoms with Crippen molar-refractivity contribution in [3.8, 4) is 0 Å². The summed E-state index contributed by atoms with van der Waals surface area (Å²) in [6.07, 6.45) is 0.346. The Bertz CT molecular complexity index is 594. The van der Waals surface area contributed by atoms with E-state index in [1.165, 1.54) is 16.5 Å². The fourth-order valence-corrected chi connectivity index (χ4v) is 3.38. The zero-order chi connectivity index (χ0) is 13.4. The third-order valence-corrected chi connectivity index (χ3v) is 4.63. The molecule has 100 valence electrons. The Labute approximate surface area is 116 Å². The highest BCUT2D eigenvalue weighted by Gasteiger charge is 2.20. The van der Waals surface area contributed by atoms with Crippen LogP contribution in [-0.2, 0) is 13.0 Å². The molecule has 0 saturated carbocycles. The molecule has 1 N–H and O–H groups in total. The third kappa shape index (κ3) is 2.38. The van der Waals surface area contributed by atoms with Gasteiger partial charge in [0.1, 0.15) is 5.82 Å². The van der Waals surface area contributed by atoms with Gasteiger partial charge in [0.15, 0.2) is 0 Å². The quantitative estimate of drug-likeness (QED) is 0.908. The Kier molecular flexibility index (Phi) is 3.29. The van der Waals surface area contributed by atoms with Gasteiger partial charge in [-0.05, 0) is 48.1 Å². The molecule has 0 radical (unpaired) electrons. The second-order valence-electron chi connectivity index (χ2n) is 4.93. The van der Waals surface area contributed by atoms with Crippen LogP contribution in [0.1, 0.15) is 29.0 Å². The lowest BCUT2D eigenvalue weighted by Gasteiger charge is -2.29. The third-order valence-electron chi connectivity index (χ3n) is 3.60. The molecule has 3 rings (SSSR count). The first kappa shape index (κ1) is 12.6.